The minimum Gasteiger partial charge on any atom is -0.469 e. The Balaban J connectivity index is 0. The van der Waals surface area contributed by atoms with E-state index in [1.54, 1.807) is 17.6 Å². The molecule has 0 fully saturated rings. The topological polar surface area (TPSA) is 101 Å². The quantitative estimate of drug-likeness (QED) is 0.160. The van der Waals surface area contributed by atoms with Crippen molar-refractivity contribution in [3.8, 4) is 0 Å². The van der Waals surface area contributed by atoms with Gasteiger partial charge in [-0.2, -0.15) is 5.10 Å². The van der Waals surface area contributed by atoms with Crippen LogP contribution in [0.5, 0.6) is 0 Å². The number of aryl methyl sites for hydroxylation is 4. The third-order valence-electron chi connectivity index (χ3n) is 10.3. The Morgan fingerprint density at radius 2 is 1.06 bits per heavy atom. The summed E-state index contributed by atoms with van der Waals surface area (Å²) in [7, 11) is 4.05. The maximum absolute atomic E-state index is 5.53. The SMILES string of the molecule is C.C.CC(C)c1ccc(N)cc1.CC(C)c1ccco1.CC(C)c1cncs1.CC(C)c1cnn(C)c1.Cc1cc(C(C)C)ccn1.Cc1cc(C(C)C)ccn1.Cc1ccc(C(C)C)n1C. The van der Waals surface area contributed by atoms with Crippen molar-refractivity contribution in [3.05, 3.63) is 171 Å². The first kappa shape index (κ1) is 63.8. The number of nitrogens with zero attached hydrogens (tertiary/aromatic N) is 6. The standard InChI is InChI=1S/C9H15N.3C9H13N.C7H12N2.C7H10O.C6H9NS.2CH4/c1-7(2)9-6-5-8(3)10(9)4;2*1-7(2)9-4-5-10-8(3)6-9;1-7(2)8-3-5-9(10)6-4-8;1-6(2)7-4-8-9(3)5-7;1-6(2)7-4-3-5-8-7;1-5(2)6-3-7-4-8-6;;/h5-7H,1-4H3;2*4-7H,1-3H3;3-7H,10H2,1-2H3;4-6H,1-3H3;3-6H,1-2H3;3-5H,1-2H3;2*1H4. The number of nitrogens with two attached hydrogens (primary N) is 1. The molecule has 0 atom stereocenters. The average molecular weight is 936 g/mol. The van der Waals surface area contributed by atoms with Gasteiger partial charge in [0.05, 0.1) is 18.0 Å². The monoisotopic (exact) mass is 936 g/mol. The zero-order chi connectivity index (χ0) is 49.2. The number of thiazole rings is 1. The third kappa shape index (κ3) is 26.6. The van der Waals surface area contributed by atoms with Gasteiger partial charge in [-0.15, -0.1) is 11.3 Å². The van der Waals surface area contributed by atoms with Crippen LogP contribution in [0.4, 0.5) is 5.69 Å². The predicted octanol–water partition coefficient (Wildman–Crippen LogP) is 17.4. The second-order valence-corrected chi connectivity index (χ2v) is 19.5. The van der Waals surface area contributed by atoms with Crippen LogP contribution >= 0.6 is 11.3 Å². The molecule has 0 spiro atoms. The highest BCUT2D eigenvalue weighted by molar-refractivity contribution is 7.09. The molecule has 0 saturated carbocycles. The Morgan fingerprint density at radius 3 is 1.30 bits per heavy atom. The highest BCUT2D eigenvalue weighted by atomic mass is 32.1. The third-order valence-corrected chi connectivity index (χ3v) is 11.4. The molecule has 8 nitrogen and oxygen atoms in total. The van der Waals surface area contributed by atoms with E-state index in [-0.39, 0.29) is 14.9 Å². The minimum absolute atomic E-state index is 0. The number of hydrogen-bond acceptors (Lipinski definition) is 7. The van der Waals surface area contributed by atoms with Crippen molar-refractivity contribution in [1.29, 1.82) is 0 Å². The highest BCUT2D eigenvalue weighted by Gasteiger charge is 2.04. The van der Waals surface area contributed by atoms with Crippen LogP contribution in [0.3, 0.4) is 0 Å². The minimum atomic E-state index is 0. The second kappa shape index (κ2) is 34.1. The molecule has 0 aliphatic carbocycles. The van der Waals surface area contributed by atoms with E-state index in [2.05, 4.69) is 184 Å². The molecule has 1 aromatic carbocycles. The van der Waals surface area contributed by atoms with E-state index in [1.165, 1.54) is 38.5 Å². The van der Waals surface area contributed by atoms with Crippen molar-refractivity contribution in [2.75, 3.05) is 5.73 Å². The van der Waals surface area contributed by atoms with Crippen LogP contribution in [0.1, 0.15) is 209 Å². The fourth-order valence-electron chi connectivity index (χ4n) is 5.82. The summed E-state index contributed by atoms with van der Waals surface area (Å²) >= 11 is 1.72. The number of furan rings is 1. The van der Waals surface area contributed by atoms with E-state index in [0.717, 1.165) is 22.8 Å². The maximum Gasteiger partial charge on any atom is 0.106 e. The van der Waals surface area contributed by atoms with Crippen molar-refractivity contribution >= 4 is 17.0 Å². The van der Waals surface area contributed by atoms with E-state index in [1.807, 2.05) is 86.3 Å². The molecule has 7 aromatic rings. The zero-order valence-electron chi connectivity index (χ0n) is 43.6. The van der Waals surface area contributed by atoms with Gasteiger partial charge in [-0.3, -0.25) is 19.6 Å². The molecule has 0 radical (unpaired) electrons. The molecule has 0 saturated heterocycles. The van der Waals surface area contributed by atoms with Gasteiger partial charge in [0.15, 0.2) is 0 Å². The van der Waals surface area contributed by atoms with E-state index in [4.69, 9.17) is 10.2 Å². The molecule has 372 valence electrons. The Hall–Kier alpha value is -5.28. The normalized spacial score (nSPS) is 10.2. The fraction of sp³-hybridized carbons (Fsp3) is 0.483. The molecular formula is C58H93N7OS. The van der Waals surface area contributed by atoms with Gasteiger partial charge < -0.3 is 14.7 Å². The fourth-order valence-corrected chi connectivity index (χ4v) is 6.45. The molecular weight excluding hydrogens is 843 g/mol. The predicted molar refractivity (Wildman–Crippen MR) is 295 cm³/mol. The van der Waals surface area contributed by atoms with Crippen LogP contribution in [0.15, 0.2) is 120 Å². The average Bonchev–Trinajstić information content (AvgIpc) is 4.10. The van der Waals surface area contributed by atoms with Crippen LogP contribution in [-0.4, -0.2) is 29.3 Å². The van der Waals surface area contributed by atoms with Gasteiger partial charge in [0, 0.05) is 78.1 Å². The van der Waals surface area contributed by atoms with Crippen molar-refractivity contribution in [2.45, 2.75) is 174 Å². The van der Waals surface area contributed by atoms with Crippen LogP contribution in [-0.2, 0) is 14.1 Å². The summed E-state index contributed by atoms with van der Waals surface area (Å²) in [5.41, 5.74) is 18.6. The first-order valence-corrected chi connectivity index (χ1v) is 24.1. The summed E-state index contributed by atoms with van der Waals surface area (Å²) in [5, 5.41) is 4.05. The Bertz CT molecular complexity index is 2140. The molecule has 67 heavy (non-hydrogen) atoms. The van der Waals surface area contributed by atoms with Gasteiger partial charge in [0.2, 0.25) is 0 Å². The summed E-state index contributed by atoms with van der Waals surface area (Å²) in [6, 6.07) is 24.7. The van der Waals surface area contributed by atoms with Gasteiger partial charge >= 0.3 is 0 Å². The zero-order valence-corrected chi connectivity index (χ0v) is 44.4. The Labute approximate surface area is 413 Å². The molecule has 0 aliphatic rings. The highest BCUT2D eigenvalue weighted by Crippen LogP contribution is 2.19. The molecule has 6 heterocycles. The van der Waals surface area contributed by atoms with Crippen molar-refractivity contribution < 1.29 is 4.42 Å². The van der Waals surface area contributed by atoms with Gasteiger partial charge in [-0.05, 0) is 139 Å². The Morgan fingerprint density at radius 1 is 0.552 bits per heavy atom. The van der Waals surface area contributed by atoms with E-state index in [9.17, 15) is 0 Å². The first-order chi connectivity index (χ1) is 30.5. The van der Waals surface area contributed by atoms with Crippen molar-refractivity contribution in [2.24, 2.45) is 14.1 Å². The maximum atomic E-state index is 5.53. The molecule has 7 rings (SSSR count). The molecule has 0 bridgehead atoms. The molecule has 6 aromatic heterocycles. The number of aromatic nitrogens is 6. The van der Waals surface area contributed by atoms with E-state index < -0.39 is 0 Å². The molecule has 0 unspecified atom stereocenters. The van der Waals surface area contributed by atoms with Crippen LogP contribution in [0, 0.1) is 20.8 Å². The number of nitrogen functional groups attached to an aromatic ring is 1. The molecule has 0 aliphatic heterocycles. The number of rotatable bonds is 7. The lowest BCUT2D eigenvalue weighted by atomic mass is 10.0. The molecule has 0 amide bonds. The smallest absolute Gasteiger partial charge is 0.106 e. The summed E-state index contributed by atoms with van der Waals surface area (Å²) in [6.45, 7) is 36.6. The van der Waals surface area contributed by atoms with Gasteiger partial charge in [0.1, 0.15) is 5.76 Å². The van der Waals surface area contributed by atoms with Crippen LogP contribution in [0.25, 0.3) is 0 Å². The second-order valence-electron chi connectivity index (χ2n) is 18.5. The van der Waals surface area contributed by atoms with E-state index >= 15 is 0 Å². The summed E-state index contributed by atoms with van der Waals surface area (Å²) in [5.74, 6) is 5.28. The lowest BCUT2D eigenvalue weighted by Gasteiger charge is -2.07. The van der Waals surface area contributed by atoms with Gasteiger partial charge in [-0.25, -0.2) is 0 Å². The van der Waals surface area contributed by atoms with E-state index in [0.29, 0.717) is 41.4 Å². The summed E-state index contributed by atoms with van der Waals surface area (Å²) in [6.07, 6.45) is 11.3. The van der Waals surface area contributed by atoms with Crippen LogP contribution in [0.2, 0.25) is 0 Å². The van der Waals surface area contributed by atoms with Crippen LogP contribution < -0.4 is 5.73 Å². The van der Waals surface area contributed by atoms with Gasteiger partial charge in [0.25, 0.3) is 0 Å². The molecule has 2 N–H and O–H groups in total. The van der Waals surface area contributed by atoms with Crippen molar-refractivity contribution in [3.63, 3.8) is 0 Å². The number of hydrogen-bond donors (Lipinski definition) is 1. The van der Waals surface area contributed by atoms with Crippen molar-refractivity contribution in [1.82, 2.24) is 29.3 Å². The largest absolute Gasteiger partial charge is 0.469 e. The summed E-state index contributed by atoms with van der Waals surface area (Å²) < 4.78 is 9.16. The first-order valence-electron chi connectivity index (χ1n) is 23.3. The number of pyridine rings is 2. The Kier molecular flexibility index (Phi) is 32.4. The van der Waals surface area contributed by atoms with Gasteiger partial charge in [-0.1, -0.05) is 124 Å². The number of anilines is 1. The lowest BCUT2D eigenvalue weighted by molar-refractivity contribution is 0.487. The number of benzene rings is 1. The lowest BCUT2D eigenvalue weighted by Crippen LogP contribution is -1.99. The molecule has 9 heteroatoms. The summed E-state index contributed by atoms with van der Waals surface area (Å²) in [4.78, 5) is 13.6.